The van der Waals surface area contributed by atoms with Crippen molar-refractivity contribution in [1.82, 2.24) is 16.0 Å². The lowest BCUT2D eigenvalue weighted by atomic mass is 10.4. The molecule has 22 heavy (non-hydrogen) atoms. The van der Waals surface area contributed by atoms with Gasteiger partial charge in [-0.3, -0.25) is 14.4 Å². The van der Waals surface area contributed by atoms with Gasteiger partial charge in [-0.25, -0.2) is 0 Å². The molecule has 0 spiro atoms. The highest BCUT2D eigenvalue weighted by atomic mass is 16.4. The van der Waals surface area contributed by atoms with E-state index in [9.17, 15) is 14.4 Å². The third-order valence-electron chi connectivity index (χ3n) is 2.06. The first kappa shape index (κ1) is 25.3. The van der Waals surface area contributed by atoms with Crippen molar-refractivity contribution in [1.29, 1.82) is 0 Å². The van der Waals surface area contributed by atoms with Crippen LogP contribution in [0.5, 0.6) is 0 Å². The smallest absolute Gasteiger partial charge is 0.303 e. The topological polar surface area (TPSA) is 108 Å². The van der Waals surface area contributed by atoms with E-state index >= 15 is 0 Å². The molecule has 0 aliphatic rings. The number of rotatable bonds is 8. The molecule has 0 bridgehead atoms. The van der Waals surface area contributed by atoms with Crippen LogP contribution in [0.25, 0.3) is 0 Å². The number of carboxylic acid groups (broad SMARTS) is 1. The first-order valence-corrected chi connectivity index (χ1v) is 7.81. The number of aliphatic carboxylic acids is 1. The fraction of sp³-hybridized carbons (Fsp3) is 0.800. The molecule has 0 rings (SSSR count). The molecule has 7 nitrogen and oxygen atoms in total. The Morgan fingerprint density at radius 1 is 0.909 bits per heavy atom. The minimum Gasteiger partial charge on any atom is -0.481 e. The maximum absolute atomic E-state index is 11.2. The van der Waals surface area contributed by atoms with Crippen LogP contribution in [-0.2, 0) is 14.4 Å². The standard InChI is InChI=1S/C10H21N3O2.C3H6O2.C2H6/c1-4-9(14)11-5-6-12-10(15)7-13-8(2)3;1-2-3(4)5;1-2/h8,13H,4-7H2,1-3H3,(H,11,14)(H,12,15);2H2,1H3,(H,4,5);1-2H3. The summed E-state index contributed by atoms with van der Waals surface area (Å²) in [5.74, 6) is -0.788. The molecule has 0 saturated carbocycles. The first-order chi connectivity index (χ1) is 10.3. The maximum atomic E-state index is 11.2. The summed E-state index contributed by atoms with van der Waals surface area (Å²) < 4.78 is 0. The number of carbonyl (C=O) groups excluding carboxylic acids is 2. The Kier molecular flexibility index (Phi) is 22.3. The number of carbonyl (C=O) groups is 3. The average Bonchev–Trinajstić information content (AvgIpc) is 2.51. The third-order valence-corrected chi connectivity index (χ3v) is 2.06. The lowest BCUT2D eigenvalue weighted by Crippen LogP contribution is -2.40. The van der Waals surface area contributed by atoms with Gasteiger partial charge in [0, 0.05) is 32.0 Å². The Morgan fingerprint density at radius 3 is 1.64 bits per heavy atom. The summed E-state index contributed by atoms with van der Waals surface area (Å²) in [4.78, 5) is 31.4. The fourth-order valence-corrected chi connectivity index (χ4v) is 0.888. The Hall–Kier alpha value is -1.63. The molecule has 0 heterocycles. The zero-order valence-electron chi connectivity index (χ0n) is 14.8. The molecule has 0 saturated heterocycles. The van der Waals surface area contributed by atoms with Crippen LogP contribution >= 0.6 is 0 Å². The zero-order chi connectivity index (χ0) is 18.0. The molecule has 0 aliphatic carbocycles. The van der Waals surface area contributed by atoms with E-state index in [0.29, 0.717) is 32.1 Å². The Morgan fingerprint density at radius 2 is 1.32 bits per heavy atom. The van der Waals surface area contributed by atoms with Crippen LogP contribution in [0.4, 0.5) is 0 Å². The number of carboxylic acids is 1. The van der Waals surface area contributed by atoms with Crippen LogP contribution in [0.1, 0.15) is 54.4 Å². The molecule has 2 amide bonds. The van der Waals surface area contributed by atoms with E-state index in [1.807, 2.05) is 27.7 Å². The molecule has 0 aromatic heterocycles. The van der Waals surface area contributed by atoms with Gasteiger partial charge in [0.05, 0.1) is 6.54 Å². The van der Waals surface area contributed by atoms with E-state index in [2.05, 4.69) is 16.0 Å². The number of amides is 2. The summed E-state index contributed by atoms with van der Waals surface area (Å²) in [6, 6.07) is 0.301. The summed E-state index contributed by atoms with van der Waals surface area (Å²) >= 11 is 0. The van der Waals surface area contributed by atoms with Crippen LogP contribution in [0.15, 0.2) is 0 Å². The van der Waals surface area contributed by atoms with E-state index in [0.717, 1.165) is 0 Å². The Labute approximate surface area is 134 Å². The highest BCUT2D eigenvalue weighted by molar-refractivity contribution is 5.78. The largest absolute Gasteiger partial charge is 0.481 e. The highest BCUT2D eigenvalue weighted by Crippen LogP contribution is 1.75. The summed E-state index contributed by atoms with van der Waals surface area (Å²) in [5, 5.41) is 16.1. The van der Waals surface area contributed by atoms with Crippen molar-refractivity contribution in [2.24, 2.45) is 0 Å². The van der Waals surface area contributed by atoms with Gasteiger partial charge in [0.1, 0.15) is 0 Å². The monoisotopic (exact) mass is 319 g/mol. The molecule has 0 aliphatic heterocycles. The molecule has 7 heteroatoms. The van der Waals surface area contributed by atoms with Crippen molar-refractivity contribution in [2.45, 2.75) is 60.4 Å². The summed E-state index contributed by atoms with van der Waals surface area (Å²) in [6.45, 7) is 12.6. The van der Waals surface area contributed by atoms with Gasteiger partial charge in [-0.15, -0.1) is 0 Å². The third kappa shape index (κ3) is 26.8. The van der Waals surface area contributed by atoms with E-state index < -0.39 is 5.97 Å². The normalized spacial score (nSPS) is 8.86. The van der Waals surface area contributed by atoms with E-state index in [4.69, 9.17) is 5.11 Å². The summed E-state index contributed by atoms with van der Waals surface area (Å²) in [7, 11) is 0. The van der Waals surface area contributed by atoms with Gasteiger partial charge in [-0.05, 0) is 0 Å². The SMILES string of the molecule is CC.CCC(=O)NCCNC(=O)CNC(C)C.CCC(=O)O. The molecule has 0 unspecified atom stereocenters. The van der Waals surface area contributed by atoms with E-state index in [1.165, 1.54) is 0 Å². The van der Waals surface area contributed by atoms with Crippen LogP contribution < -0.4 is 16.0 Å². The van der Waals surface area contributed by atoms with Gasteiger partial charge in [-0.1, -0.05) is 41.5 Å². The highest BCUT2D eigenvalue weighted by Gasteiger charge is 2.01. The van der Waals surface area contributed by atoms with Gasteiger partial charge in [0.15, 0.2) is 0 Å². The van der Waals surface area contributed by atoms with Gasteiger partial charge < -0.3 is 21.1 Å². The summed E-state index contributed by atoms with van der Waals surface area (Å²) in [5.41, 5.74) is 0. The van der Waals surface area contributed by atoms with Crippen molar-refractivity contribution in [3.8, 4) is 0 Å². The number of hydrogen-bond acceptors (Lipinski definition) is 4. The number of nitrogens with one attached hydrogen (secondary N) is 3. The molecule has 0 atom stereocenters. The second-order valence-electron chi connectivity index (χ2n) is 4.34. The Bertz CT molecular complexity index is 295. The Balaban J connectivity index is -0.000000434. The second kappa shape index (κ2) is 19.4. The molecular weight excluding hydrogens is 286 g/mol. The van der Waals surface area contributed by atoms with Gasteiger partial charge in [0.25, 0.3) is 0 Å². The maximum Gasteiger partial charge on any atom is 0.303 e. The zero-order valence-corrected chi connectivity index (χ0v) is 14.8. The molecule has 4 N–H and O–H groups in total. The molecule has 0 radical (unpaired) electrons. The lowest BCUT2D eigenvalue weighted by Gasteiger charge is -2.09. The average molecular weight is 319 g/mol. The van der Waals surface area contributed by atoms with E-state index in [-0.39, 0.29) is 18.2 Å². The van der Waals surface area contributed by atoms with Crippen molar-refractivity contribution >= 4 is 17.8 Å². The predicted octanol–water partition coefficient (Wildman–Crippen LogP) is 1.13. The molecule has 0 aromatic rings. The van der Waals surface area contributed by atoms with Crippen molar-refractivity contribution < 1.29 is 19.5 Å². The second-order valence-corrected chi connectivity index (χ2v) is 4.34. The number of hydrogen-bond donors (Lipinski definition) is 4. The first-order valence-electron chi connectivity index (χ1n) is 7.81. The molecular formula is C15H33N3O4. The van der Waals surface area contributed by atoms with Crippen LogP contribution in [0.2, 0.25) is 0 Å². The van der Waals surface area contributed by atoms with Crippen LogP contribution in [0.3, 0.4) is 0 Å². The predicted molar refractivity (Wildman–Crippen MR) is 88.7 cm³/mol. The van der Waals surface area contributed by atoms with Crippen molar-refractivity contribution in [3.05, 3.63) is 0 Å². The minimum atomic E-state index is -0.745. The van der Waals surface area contributed by atoms with Crippen LogP contribution in [0, 0.1) is 0 Å². The lowest BCUT2D eigenvalue weighted by molar-refractivity contribution is -0.136. The minimum absolute atomic E-state index is 0.00422. The van der Waals surface area contributed by atoms with E-state index in [1.54, 1.807) is 13.8 Å². The van der Waals surface area contributed by atoms with Gasteiger partial charge >= 0.3 is 5.97 Å². The van der Waals surface area contributed by atoms with Crippen molar-refractivity contribution in [2.75, 3.05) is 19.6 Å². The molecule has 132 valence electrons. The fourth-order valence-electron chi connectivity index (χ4n) is 0.888. The summed E-state index contributed by atoms with van der Waals surface area (Å²) in [6.07, 6.45) is 0.697. The molecule has 0 aromatic carbocycles. The van der Waals surface area contributed by atoms with Crippen molar-refractivity contribution in [3.63, 3.8) is 0 Å². The molecule has 0 fully saturated rings. The van der Waals surface area contributed by atoms with Crippen LogP contribution in [-0.4, -0.2) is 48.6 Å². The quantitative estimate of drug-likeness (QED) is 0.502. The van der Waals surface area contributed by atoms with Gasteiger partial charge in [0.2, 0.25) is 11.8 Å². The van der Waals surface area contributed by atoms with Gasteiger partial charge in [-0.2, -0.15) is 0 Å².